The van der Waals surface area contributed by atoms with E-state index in [-0.39, 0.29) is 6.09 Å². The number of carbonyl (C=O) groups is 1. The van der Waals surface area contributed by atoms with Crippen LogP contribution in [0, 0.1) is 6.92 Å². The lowest BCUT2D eigenvalue weighted by Crippen LogP contribution is -2.54. The van der Waals surface area contributed by atoms with Crippen LogP contribution in [0.1, 0.15) is 64.8 Å². The van der Waals surface area contributed by atoms with E-state index < -0.39 is 5.60 Å². The summed E-state index contributed by atoms with van der Waals surface area (Å²) in [5.41, 5.74) is 1.78. The second kappa shape index (κ2) is 6.98. The summed E-state index contributed by atoms with van der Waals surface area (Å²) in [6.07, 6.45) is 4.99. The van der Waals surface area contributed by atoms with Gasteiger partial charge < -0.3 is 15.0 Å². The van der Waals surface area contributed by atoms with Gasteiger partial charge in [-0.3, -0.25) is 5.10 Å². The van der Waals surface area contributed by atoms with Crippen LogP contribution in [0.25, 0.3) is 0 Å². The van der Waals surface area contributed by atoms with Gasteiger partial charge in [0, 0.05) is 36.3 Å². The molecule has 25 heavy (non-hydrogen) atoms. The van der Waals surface area contributed by atoms with Gasteiger partial charge in [-0.2, -0.15) is 5.10 Å². The number of ether oxygens (including phenoxy) is 1. The highest BCUT2D eigenvalue weighted by Gasteiger charge is 2.44. The summed E-state index contributed by atoms with van der Waals surface area (Å²) in [5, 5.41) is 11.1. The summed E-state index contributed by atoms with van der Waals surface area (Å²) in [6.45, 7) is 10.0. The molecule has 1 aromatic heterocycles. The zero-order valence-electron chi connectivity index (χ0n) is 16.1. The van der Waals surface area contributed by atoms with Crippen molar-refractivity contribution in [1.82, 2.24) is 20.4 Å². The van der Waals surface area contributed by atoms with Gasteiger partial charge in [-0.25, -0.2) is 4.79 Å². The Morgan fingerprint density at radius 2 is 2.04 bits per heavy atom. The van der Waals surface area contributed by atoms with Crippen LogP contribution >= 0.6 is 0 Å². The van der Waals surface area contributed by atoms with Crippen molar-refractivity contribution in [1.29, 1.82) is 0 Å². The van der Waals surface area contributed by atoms with Gasteiger partial charge in [0.15, 0.2) is 0 Å². The van der Waals surface area contributed by atoms with Crippen LogP contribution < -0.4 is 5.32 Å². The zero-order chi connectivity index (χ0) is 18.2. The second-order valence-electron chi connectivity index (χ2n) is 8.76. The molecule has 2 fully saturated rings. The Kier molecular flexibility index (Phi) is 5.09. The quantitative estimate of drug-likeness (QED) is 0.877. The summed E-state index contributed by atoms with van der Waals surface area (Å²) in [4.78, 5) is 14.5. The van der Waals surface area contributed by atoms with Crippen LogP contribution in [0.3, 0.4) is 0 Å². The summed E-state index contributed by atoms with van der Waals surface area (Å²) in [5.74, 6) is 0. The first-order valence-electron chi connectivity index (χ1n) is 9.49. The minimum absolute atomic E-state index is 0.140. The number of aromatic amines is 1. The molecule has 3 rings (SSSR count). The third kappa shape index (κ3) is 4.54. The predicted octanol–water partition coefficient (Wildman–Crippen LogP) is 3.17. The fourth-order valence-electron chi connectivity index (χ4n) is 4.28. The van der Waals surface area contributed by atoms with Crippen LogP contribution in [0.2, 0.25) is 0 Å². The van der Waals surface area contributed by atoms with Crippen LogP contribution in [-0.2, 0) is 11.2 Å². The Morgan fingerprint density at radius 3 is 2.56 bits per heavy atom. The van der Waals surface area contributed by atoms with Crippen LogP contribution in [-0.4, -0.2) is 51.0 Å². The number of aryl methyl sites for hydroxylation is 1. The van der Waals surface area contributed by atoms with Crippen molar-refractivity contribution >= 4 is 6.09 Å². The molecule has 0 spiro atoms. The zero-order valence-corrected chi connectivity index (χ0v) is 16.1. The minimum atomic E-state index is -0.429. The number of amides is 1. The van der Waals surface area contributed by atoms with Crippen LogP contribution in [0.4, 0.5) is 4.79 Å². The predicted molar refractivity (Wildman–Crippen MR) is 97.5 cm³/mol. The number of piperidine rings is 1. The molecule has 0 aromatic carbocycles. The number of carbonyl (C=O) groups excluding carboxylic acids is 1. The molecule has 2 aliphatic heterocycles. The Bertz CT molecular complexity index is 593. The van der Waals surface area contributed by atoms with Gasteiger partial charge in [0.1, 0.15) is 5.60 Å². The maximum absolute atomic E-state index is 12.5. The Labute approximate surface area is 150 Å². The molecule has 6 heteroatoms. The Balaban J connectivity index is 1.53. The highest BCUT2D eigenvalue weighted by molar-refractivity contribution is 5.69. The average molecular weight is 348 g/mol. The van der Waals surface area contributed by atoms with Crippen molar-refractivity contribution in [3.05, 3.63) is 17.5 Å². The van der Waals surface area contributed by atoms with Crippen molar-refractivity contribution in [2.45, 2.75) is 96.5 Å². The van der Waals surface area contributed by atoms with Crippen molar-refractivity contribution in [3.8, 4) is 0 Å². The van der Waals surface area contributed by atoms with Gasteiger partial charge in [-0.15, -0.1) is 0 Å². The Morgan fingerprint density at radius 1 is 1.40 bits per heavy atom. The fourth-order valence-corrected chi connectivity index (χ4v) is 4.28. The average Bonchev–Trinajstić information content (AvgIpc) is 2.98. The van der Waals surface area contributed by atoms with E-state index in [2.05, 4.69) is 28.5 Å². The number of rotatable bonds is 4. The third-order valence-corrected chi connectivity index (χ3v) is 5.13. The lowest BCUT2D eigenvalue weighted by Gasteiger charge is -2.40. The van der Waals surface area contributed by atoms with Crippen molar-refractivity contribution in [2.75, 3.05) is 0 Å². The molecule has 6 nitrogen and oxygen atoms in total. The van der Waals surface area contributed by atoms with E-state index >= 15 is 0 Å². The largest absolute Gasteiger partial charge is 0.444 e. The maximum atomic E-state index is 12.5. The van der Waals surface area contributed by atoms with Gasteiger partial charge in [0.2, 0.25) is 0 Å². The van der Waals surface area contributed by atoms with Gasteiger partial charge >= 0.3 is 6.09 Å². The number of nitrogens with one attached hydrogen (secondary N) is 2. The maximum Gasteiger partial charge on any atom is 0.410 e. The fraction of sp³-hybridized carbons (Fsp3) is 0.789. The van der Waals surface area contributed by atoms with E-state index in [9.17, 15) is 4.79 Å². The van der Waals surface area contributed by atoms with E-state index in [1.165, 1.54) is 0 Å². The standard InChI is InChI=1S/C19H32N4O2/c1-12(8-15-9-13(2)21-22-15)20-14-10-16-6-7-17(11-14)23(16)18(24)25-19(3,4)5/h9,12,14,16-17,20H,6-8,10-11H2,1-5H3,(H,21,22)/t12-,14?,16-,17+/m0/s1. The summed E-state index contributed by atoms with van der Waals surface area (Å²) < 4.78 is 5.61. The summed E-state index contributed by atoms with van der Waals surface area (Å²) in [6, 6.07) is 3.57. The second-order valence-corrected chi connectivity index (χ2v) is 8.76. The highest BCUT2D eigenvalue weighted by atomic mass is 16.6. The molecule has 0 aliphatic carbocycles. The molecular weight excluding hydrogens is 316 g/mol. The number of hydrogen-bond acceptors (Lipinski definition) is 4. The molecule has 2 N–H and O–H groups in total. The number of fused-ring (bicyclic) bond motifs is 2. The van der Waals surface area contributed by atoms with E-state index in [1.54, 1.807) is 0 Å². The van der Waals surface area contributed by atoms with Crippen LogP contribution in [0.5, 0.6) is 0 Å². The van der Waals surface area contributed by atoms with Crippen molar-refractivity contribution in [3.63, 3.8) is 0 Å². The molecule has 140 valence electrons. The SMILES string of the molecule is Cc1cc(C[C@H](C)NC2C[C@H]3CC[C@@H](C2)N3C(=O)OC(C)(C)C)n[nH]1. The first-order chi connectivity index (χ1) is 11.7. The molecule has 0 radical (unpaired) electrons. The van der Waals surface area contributed by atoms with E-state index in [4.69, 9.17) is 4.74 Å². The van der Waals surface area contributed by atoms with E-state index in [0.717, 1.165) is 43.5 Å². The molecule has 3 heterocycles. The monoisotopic (exact) mass is 348 g/mol. The number of nitrogens with zero attached hydrogens (tertiary/aromatic N) is 2. The highest BCUT2D eigenvalue weighted by Crippen LogP contribution is 2.37. The molecule has 2 bridgehead atoms. The number of H-pyrrole nitrogens is 1. The van der Waals surface area contributed by atoms with Crippen molar-refractivity contribution in [2.24, 2.45) is 0 Å². The molecule has 1 unspecified atom stereocenters. The molecule has 1 amide bonds. The van der Waals surface area contributed by atoms with Gasteiger partial charge in [0.05, 0.1) is 5.69 Å². The molecule has 4 atom stereocenters. The van der Waals surface area contributed by atoms with Crippen molar-refractivity contribution < 1.29 is 9.53 Å². The molecular formula is C19H32N4O2. The van der Waals surface area contributed by atoms with Gasteiger partial charge in [-0.05, 0) is 66.4 Å². The molecule has 0 saturated carbocycles. The topological polar surface area (TPSA) is 70.2 Å². The van der Waals surface area contributed by atoms with E-state index in [1.807, 2.05) is 32.6 Å². The normalized spacial score (nSPS) is 27.4. The first kappa shape index (κ1) is 18.2. The van der Waals surface area contributed by atoms with Gasteiger partial charge in [-0.1, -0.05) is 0 Å². The van der Waals surface area contributed by atoms with E-state index in [0.29, 0.717) is 24.2 Å². The molecule has 2 aliphatic rings. The van der Waals surface area contributed by atoms with Gasteiger partial charge in [0.25, 0.3) is 0 Å². The van der Waals surface area contributed by atoms with Crippen LogP contribution in [0.15, 0.2) is 6.07 Å². The smallest absolute Gasteiger partial charge is 0.410 e. The lowest BCUT2D eigenvalue weighted by molar-refractivity contribution is 0.00438. The number of hydrogen-bond donors (Lipinski definition) is 2. The summed E-state index contributed by atoms with van der Waals surface area (Å²) in [7, 11) is 0. The lowest BCUT2D eigenvalue weighted by atomic mass is 9.96. The molecule has 2 saturated heterocycles. The third-order valence-electron chi connectivity index (χ3n) is 5.13. The minimum Gasteiger partial charge on any atom is -0.444 e. The first-order valence-corrected chi connectivity index (χ1v) is 9.49. The number of aromatic nitrogens is 2. The molecule has 1 aromatic rings. The summed E-state index contributed by atoms with van der Waals surface area (Å²) >= 11 is 0. The Hall–Kier alpha value is -1.56.